The van der Waals surface area contributed by atoms with Gasteiger partial charge in [0.15, 0.2) is 0 Å². The molecule has 2 nitrogen and oxygen atoms in total. The Morgan fingerprint density at radius 2 is 1.78 bits per heavy atom. The van der Waals surface area contributed by atoms with Crippen molar-refractivity contribution in [1.29, 1.82) is 5.26 Å². The summed E-state index contributed by atoms with van der Waals surface area (Å²) in [7, 11) is 0. The van der Waals surface area contributed by atoms with Crippen LogP contribution in [0.2, 0.25) is 0 Å². The molecule has 0 bridgehead atoms. The van der Waals surface area contributed by atoms with Gasteiger partial charge in [-0.3, -0.25) is 0 Å². The lowest BCUT2D eigenvalue weighted by Crippen LogP contribution is -2.05. The van der Waals surface area contributed by atoms with Gasteiger partial charge in [-0.2, -0.15) is 5.26 Å². The van der Waals surface area contributed by atoms with Gasteiger partial charge in [0.25, 0.3) is 0 Å². The lowest BCUT2D eigenvalue weighted by Gasteiger charge is -2.13. The minimum Gasteiger partial charge on any atom is -0.494 e. The van der Waals surface area contributed by atoms with Crippen molar-refractivity contribution >= 4 is 10.8 Å². The Morgan fingerprint density at radius 1 is 1.00 bits per heavy atom. The Balaban J connectivity index is 1.74. The number of nitrogens with zero attached hydrogens (tertiary/aromatic N) is 1. The molecule has 3 aromatic rings. The van der Waals surface area contributed by atoms with Gasteiger partial charge in [-0.1, -0.05) is 54.6 Å². The first-order chi connectivity index (χ1) is 11.3. The summed E-state index contributed by atoms with van der Waals surface area (Å²) in [5, 5.41) is 11.9. The summed E-state index contributed by atoms with van der Waals surface area (Å²) in [5.74, 6) is 0.700. The third-order valence-electron chi connectivity index (χ3n) is 4.02. The molecular formula is C21H19NO. The molecule has 2 heteroatoms. The van der Waals surface area contributed by atoms with Crippen LogP contribution in [0.5, 0.6) is 5.75 Å². The fourth-order valence-corrected chi connectivity index (χ4v) is 2.84. The van der Waals surface area contributed by atoms with E-state index in [0.29, 0.717) is 13.0 Å². The number of rotatable bonds is 5. The fourth-order valence-electron chi connectivity index (χ4n) is 2.84. The topological polar surface area (TPSA) is 33.0 Å². The number of aryl methyl sites for hydroxylation is 1. The van der Waals surface area contributed by atoms with E-state index < -0.39 is 0 Å². The molecule has 0 aliphatic rings. The smallest absolute Gasteiger partial charge is 0.119 e. The van der Waals surface area contributed by atoms with Crippen molar-refractivity contribution in [1.82, 2.24) is 0 Å². The molecule has 114 valence electrons. The molecular weight excluding hydrogens is 282 g/mol. The van der Waals surface area contributed by atoms with Crippen molar-refractivity contribution in [3.8, 4) is 11.8 Å². The van der Waals surface area contributed by atoms with E-state index >= 15 is 0 Å². The standard InChI is InChI=1S/C21H19NO/c1-16-6-4-9-19(14-16)23-13-12-18(15-22)21-11-5-8-17-7-2-3-10-20(17)21/h2-11,14,18H,12-13H2,1H3. The van der Waals surface area contributed by atoms with Crippen LogP contribution in [-0.4, -0.2) is 6.61 Å². The highest BCUT2D eigenvalue weighted by molar-refractivity contribution is 5.86. The van der Waals surface area contributed by atoms with Crippen molar-refractivity contribution in [3.63, 3.8) is 0 Å². The maximum absolute atomic E-state index is 9.57. The van der Waals surface area contributed by atoms with Gasteiger partial charge in [-0.25, -0.2) is 0 Å². The van der Waals surface area contributed by atoms with E-state index in [-0.39, 0.29) is 5.92 Å². The van der Waals surface area contributed by atoms with E-state index in [1.807, 2.05) is 55.5 Å². The molecule has 23 heavy (non-hydrogen) atoms. The molecule has 0 amide bonds. The molecule has 1 unspecified atom stereocenters. The SMILES string of the molecule is Cc1cccc(OCCC(C#N)c2cccc3ccccc23)c1. The zero-order chi connectivity index (χ0) is 16.1. The normalized spacial score (nSPS) is 11.8. The Bertz CT molecular complexity index is 842. The highest BCUT2D eigenvalue weighted by Crippen LogP contribution is 2.27. The summed E-state index contributed by atoms with van der Waals surface area (Å²) < 4.78 is 5.80. The van der Waals surface area contributed by atoms with Crippen LogP contribution in [0, 0.1) is 18.3 Å². The summed E-state index contributed by atoms with van der Waals surface area (Å²) in [5.41, 5.74) is 2.26. The molecule has 1 atom stereocenters. The van der Waals surface area contributed by atoms with E-state index in [4.69, 9.17) is 4.74 Å². The highest BCUT2D eigenvalue weighted by atomic mass is 16.5. The Kier molecular flexibility index (Phi) is 4.59. The van der Waals surface area contributed by atoms with Gasteiger partial charge < -0.3 is 4.74 Å². The number of hydrogen-bond donors (Lipinski definition) is 0. The molecule has 0 saturated carbocycles. The van der Waals surface area contributed by atoms with E-state index in [1.165, 1.54) is 10.9 Å². The number of nitriles is 1. The van der Waals surface area contributed by atoms with E-state index in [2.05, 4.69) is 24.3 Å². The monoisotopic (exact) mass is 301 g/mol. The molecule has 0 aliphatic heterocycles. The second-order valence-corrected chi connectivity index (χ2v) is 5.70. The molecule has 0 fully saturated rings. The van der Waals surface area contributed by atoms with Gasteiger partial charge in [0, 0.05) is 6.42 Å². The van der Waals surface area contributed by atoms with E-state index in [9.17, 15) is 5.26 Å². The zero-order valence-corrected chi connectivity index (χ0v) is 13.2. The summed E-state index contributed by atoms with van der Waals surface area (Å²) in [6.45, 7) is 2.58. The molecule has 3 aromatic carbocycles. The van der Waals surface area contributed by atoms with Crippen molar-refractivity contribution in [2.24, 2.45) is 0 Å². The average molecular weight is 301 g/mol. The molecule has 0 heterocycles. The Labute approximate surface area is 137 Å². The molecule has 3 rings (SSSR count). The van der Waals surface area contributed by atoms with Gasteiger partial charge in [0.1, 0.15) is 5.75 Å². The Morgan fingerprint density at radius 3 is 2.61 bits per heavy atom. The predicted molar refractivity (Wildman–Crippen MR) is 93.6 cm³/mol. The minimum absolute atomic E-state index is 0.161. The van der Waals surface area contributed by atoms with Crippen LogP contribution in [0.25, 0.3) is 10.8 Å². The van der Waals surface area contributed by atoms with Crippen LogP contribution in [0.4, 0.5) is 0 Å². The minimum atomic E-state index is -0.161. The highest BCUT2D eigenvalue weighted by Gasteiger charge is 2.13. The second-order valence-electron chi connectivity index (χ2n) is 5.70. The molecule has 0 spiro atoms. The van der Waals surface area contributed by atoms with Crippen LogP contribution in [0.1, 0.15) is 23.5 Å². The van der Waals surface area contributed by atoms with Crippen molar-refractivity contribution in [2.75, 3.05) is 6.61 Å². The number of benzene rings is 3. The number of ether oxygens (including phenoxy) is 1. The molecule has 0 radical (unpaired) electrons. The first-order valence-corrected chi connectivity index (χ1v) is 7.84. The van der Waals surface area contributed by atoms with Gasteiger partial charge >= 0.3 is 0 Å². The summed E-state index contributed by atoms with van der Waals surface area (Å²) >= 11 is 0. The first kappa shape index (κ1) is 15.1. The van der Waals surface area contributed by atoms with Crippen LogP contribution in [0.3, 0.4) is 0 Å². The summed E-state index contributed by atoms with van der Waals surface area (Å²) in [4.78, 5) is 0. The third kappa shape index (κ3) is 3.52. The summed E-state index contributed by atoms with van der Waals surface area (Å²) in [6.07, 6.45) is 0.679. The lowest BCUT2D eigenvalue weighted by atomic mass is 9.92. The van der Waals surface area contributed by atoms with Crippen LogP contribution >= 0.6 is 0 Å². The van der Waals surface area contributed by atoms with E-state index in [1.54, 1.807) is 0 Å². The third-order valence-corrected chi connectivity index (χ3v) is 4.02. The Hall–Kier alpha value is -2.79. The van der Waals surface area contributed by atoms with Gasteiger partial charge in [0.2, 0.25) is 0 Å². The van der Waals surface area contributed by atoms with Crippen molar-refractivity contribution in [2.45, 2.75) is 19.3 Å². The predicted octanol–water partition coefficient (Wildman–Crippen LogP) is 5.22. The maximum Gasteiger partial charge on any atom is 0.119 e. The first-order valence-electron chi connectivity index (χ1n) is 7.84. The molecule has 0 aliphatic carbocycles. The van der Waals surface area contributed by atoms with Gasteiger partial charge in [-0.15, -0.1) is 0 Å². The van der Waals surface area contributed by atoms with Crippen molar-refractivity contribution in [3.05, 3.63) is 77.9 Å². The maximum atomic E-state index is 9.57. The molecule has 0 aromatic heterocycles. The number of fused-ring (bicyclic) bond motifs is 1. The summed E-state index contributed by atoms with van der Waals surface area (Å²) in [6, 6.07) is 24.8. The lowest BCUT2D eigenvalue weighted by molar-refractivity contribution is 0.306. The van der Waals surface area contributed by atoms with Crippen LogP contribution in [-0.2, 0) is 0 Å². The van der Waals surface area contributed by atoms with Gasteiger partial charge in [0.05, 0.1) is 18.6 Å². The van der Waals surface area contributed by atoms with Crippen LogP contribution < -0.4 is 4.74 Å². The van der Waals surface area contributed by atoms with Gasteiger partial charge in [-0.05, 0) is 41.0 Å². The largest absolute Gasteiger partial charge is 0.494 e. The molecule has 0 N–H and O–H groups in total. The van der Waals surface area contributed by atoms with Crippen molar-refractivity contribution < 1.29 is 4.74 Å². The quantitative estimate of drug-likeness (QED) is 0.647. The van der Waals surface area contributed by atoms with Crippen LogP contribution in [0.15, 0.2) is 66.7 Å². The molecule has 0 saturated heterocycles. The average Bonchev–Trinajstić information content (AvgIpc) is 2.58. The fraction of sp³-hybridized carbons (Fsp3) is 0.190. The second kappa shape index (κ2) is 6.98. The van der Waals surface area contributed by atoms with E-state index in [0.717, 1.165) is 16.7 Å². The zero-order valence-electron chi connectivity index (χ0n) is 13.2. The number of hydrogen-bond acceptors (Lipinski definition) is 2.